The van der Waals surface area contributed by atoms with Crippen molar-refractivity contribution >= 4 is 27.3 Å². The van der Waals surface area contributed by atoms with Crippen molar-refractivity contribution < 1.29 is 23.1 Å². The third kappa shape index (κ3) is 3.11. The fourth-order valence-corrected chi connectivity index (χ4v) is 4.38. The molecule has 9 heteroatoms. The topological polar surface area (TPSA) is 106 Å². The molecule has 0 radical (unpaired) electrons. The first-order chi connectivity index (χ1) is 8.92. The van der Waals surface area contributed by atoms with Crippen LogP contribution in [0.3, 0.4) is 0 Å². The lowest BCUT2D eigenvalue weighted by Gasteiger charge is -2.18. The maximum atomic E-state index is 12.1. The van der Waals surface area contributed by atoms with Gasteiger partial charge in [0.2, 0.25) is 0 Å². The number of rotatable bonds is 5. The molecule has 19 heavy (non-hydrogen) atoms. The number of nitrogens with one attached hydrogen (secondary N) is 1. The molecule has 2 heterocycles. The SMILES string of the molecule is CC(NS(=O)(=O)c1scnc1C(=O)O)C1CCOC1. The lowest BCUT2D eigenvalue weighted by Crippen LogP contribution is -2.38. The van der Waals surface area contributed by atoms with Gasteiger partial charge in [0.25, 0.3) is 10.0 Å². The summed E-state index contributed by atoms with van der Waals surface area (Å²) in [5.41, 5.74) is 0.772. The summed E-state index contributed by atoms with van der Waals surface area (Å²) in [6.45, 7) is 2.88. The predicted octanol–water partition coefficient (Wildman–Crippen LogP) is 0.545. The zero-order valence-corrected chi connectivity index (χ0v) is 11.8. The van der Waals surface area contributed by atoms with Crippen LogP contribution in [0.1, 0.15) is 23.8 Å². The Morgan fingerprint density at radius 1 is 1.68 bits per heavy atom. The third-order valence-corrected chi connectivity index (χ3v) is 5.92. The van der Waals surface area contributed by atoms with Gasteiger partial charge < -0.3 is 9.84 Å². The average molecular weight is 306 g/mol. The van der Waals surface area contributed by atoms with Crippen molar-refractivity contribution in [3.05, 3.63) is 11.2 Å². The molecule has 7 nitrogen and oxygen atoms in total. The van der Waals surface area contributed by atoms with Crippen LogP contribution in [0.2, 0.25) is 0 Å². The van der Waals surface area contributed by atoms with Gasteiger partial charge in [-0.1, -0.05) is 0 Å². The van der Waals surface area contributed by atoms with Crippen molar-refractivity contribution in [3.63, 3.8) is 0 Å². The summed E-state index contributed by atoms with van der Waals surface area (Å²) in [6, 6.07) is -0.309. The fourth-order valence-electron chi connectivity index (χ4n) is 1.91. The number of thiazole rings is 1. The Hall–Kier alpha value is -1.03. The molecule has 1 aliphatic rings. The van der Waals surface area contributed by atoms with E-state index >= 15 is 0 Å². The molecular weight excluding hydrogens is 292 g/mol. The van der Waals surface area contributed by atoms with Gasteiger partial charge in [-0.2, -0.15) is 0 Å². The molecule has 1 aliphatic heterocycles. The Bertz CT molecular complexity index is 562. The Labute approximate surface area is 114 Å². The molecule has 0 spiro atoms. The number of carbonyl (C=O) groups is 1. The van der Waals surface area contributed by atoms with Crippen LogP contribution in [0.25, 0.3) is 0 Å². The van der Waals surface area contributed by atoms with Crippen molar-refractivity contribution in [2.45, 2.75) is 23.6 Å². The van der Waals surface area contributed by atoms with E-state index in [2.05, 4.69) is 9.71 Å². The van der Waals surface area contributed by atoms with Crippen LogP contribution in [-0.4, -0.2) is 43.7 Å². The average Bonchev–Trinajstić information content (AvgIpc) is 3.00. The van der Waals surface area contributed by atoms with Crippen molar-refractivity contribution in [2.24, 2.45) is 5.92 Å². The van der Waals surface area contributed by atoms with E-state index in [9.17, 15) is 13.2 Å². The zero-order chi connectivity index (χ0) is 14.0. The van der Waals surface area contributed by atoms with Gasteiger partial charge in [-0.25, -0.2) is 22.9 Å². The van der Waals surface area contributed by atoms with Crippen LogP contribution >= 0.6 is 11.3 Å². The number of hydrogen-bond acceptors (Lipinski definition) is 6. The van der Waals surface area contributed by atoms with E-state index in [1.54, 1.807) is 6.92 Å². The lowest BCUT2D eigenvalue weighted by molar-refractivity contribution is 0.0687. The maximum Gasteiger partial charge on any atom is 0.356 e. The van der Waals surface area contributed by atoms with Crippen molar-refractivity contribution in [2.75, 3.05) is 13.2 Å². The van der Waals surface area contributed by atoms with Crippen LogP contribution in [-0.2, 0) is 14.8 Å². The number of hydrogen-bond donors (Lipinski definition) is 2. The minimum atomic E-state index is -3.86. The zero-order valence-electron chi connectivity index (χ0n) is 10.2. The standard InChI is InChI=1S/C10H14N2O5S2/c1-6(7-2-3-17-4-7)12-19(15,16)10-8(9(13)14)11-5-18-10/h5-7,12H,2-4H2,1H3,(H,13,14). The quantitative estimate of drug-likeness (QED) is 0.822. The van der Waals surface area contributed by atoms with E-state index in [4.69, 9.17) is 9.84 Å². The van der Waals surface area contributed by atoms with Gasteiger partial charge in [0.15, 0.2) is 9.90 Å². The number of carboxylic acids is 1. The molecule has 2 N–H and O–H groups in total. The van der Waals surface area contributed by atoms with Gasteiger partial charge in [0.1, 0.15) is 0 Å². The van der Waals surface area contributed by atoms with E-state index in [0.717, 1.165) is 17.8 Å². The van der Waals surface area contributed by atoms with Crippen LogP contribution in [0.4, 0.5) is 0 Å². The summed E-state index contributed by atoms with van der Waals surface area (Å²) in [5.74, 6) is -1.24. The summed E-state index contributed by atoms with van der Waals surface area (Å²) >= 11 is 0.796. The molecule has 106 valence electrons. The van der Waals surface area contributed by atoms with Gasteiger partial charge in [-0.3, -0.25) is 0 Å². The Morgan fingerprint density at radius 2 is 2.42 bits per heavy atom. The summed E-state index contributed by atoms with van der Waals surface area (Å²) in [6.07, 6.45) is 0.790. The minimum Gasteiger partial charge on any atom is -0.476 e. The summed E-state index contributed by atoms with van der Waals surface area (Å²) in [4.78, 5) is 14.5. The molecule has 0 bridgehead atoms. The Balaban J connectivity index is 2.17. The lowest BCUT2D eigenvalue weighted by atomic mass is 10.0. The highest BCUT2D eigenvalue weighted by molar-refractivity contribution is 7.91. The highest BCUT2D eigenvalue weighted by Gasteiger charge is 2.30. The van der Waals surface area contributed by atoms with Crippen LogP contribution in [0, 0.1) is 5.92 Å². The molecular formula is C10H14N2O5S2. The monoisotopic (exact) mass is 306 g/mol. The molecule has 0 saturated carbocycles. The smallest absolute Gasteiger partial charge is 0.356 e. The molecule has 1 aromatic rings. The van der Waals surface area contributed by atoms with Crippen molar-refractivity contribution in [3.8, 4) is 0 Å². The molecule has 1 aromatic heterocycles. The number of carboxylic acid groups (broad SMARTS) is 1. The van der Waals surface area contributed by atoms with Crippen molar-refractivity contribution in [1.82, 2.24) is 9.71 Å². The highest BCUT2D eigenvalue weighted by atomic mass is 32.2. The van der Waals surface area contributed by atoms with Gasteiger partial charge in [0.05, 0.1) is 12.1 Å². The fraction of sp³-hybridized carbons (Fsp3) is 0.600. The molecule has 2 rings (SSSR count). The highest BCUT2D eigenvalue weighted by Crippen LogP contribution is 2.23. The number of aromatic carboxylic acids is 1. The first kappa shape index (κ1) is 14.4. The van der Waals surface area contributed by atoms with E-state index in [-0.39, 0.29) is 16.2 Å². The van der Waals surface area contributed by atoms with E-state index in [1.165, 1.54) is 5.51 Å². The van der Waals surface area contributed by atoms with Gasteiger partial charge >= 0.3 is 5.97 Å². The largest absolute Gasteiger partial charge is 0.476 e. The molecule has 0 aromatic carbocycles. The second-order valence-corrected chi connectivity index (χ2v) is 7.09. The number of nitrogens with zero attached hydrogens (tertiary/aromatic N) is 1. The summed E-state index contributed by atoms with van der Waals surface area (Å²) < 4.78 is 31.7. The van der Waals surface area contributed by atoms with E-state index in [0.29, 0.717) is 13.2 Å². The predicted molar refractivity (Wildman–Crippen MR) is 67.8 cm³/mol. The third-order valence-electron chi connectivity index (χ3n) is 2.99. The molecule has 0 aliphatic carbocycles. The van der Waals surface area contributed by atoms with Crippen LogP contribution < -0.4 is 4.72 Å². The Morgan fingerprint density at radius 3 is 3.00 bits per heavy atom. The number of sulfonamides is 1. The molecule has 0 amide bonds. The summed E-state index contributed by atoms with van der Waals surface area (Å²) in [7, 11) is -3.86. The first-order valence-electron chi connectivity index (χ1n) is 5.68. The molecule has 2 atom stereocenters. The molecule has 1 saturated heterocycles. The number of ether oxygens (including phenoxy) is 1. The van der Waals surface area contributed by atoms with Gasteiger partial charge in [-0.05, 0) is 13.3 Å². The second-order valence-electron chi connectivity index (χ2n) is 4.33. The van der Waals surface area contributed by atoms with E-state index in [1.807, 2.05) is 0 Å². The molecule has 1 fully saturated rings. The van der Waals surface area contributed by atoms with Gasteiger partial charge in [0, 0.05) is 18.6 Å². The molecule has 2 unspecified atom stereocenters. The van der Waals surface area contributed by atoms with Crippen LogP contribution in [0.5, 0.6) is 0 Å². The maximum absolute atomic E-state index is 12.1. The van der Waals surface area contributed by atoms with Gasteiger partial charge in [-0.15, -0.1) is 11.3 Å². The first-order valence-corrected chi connectivity index (χ1v) is 8.05. The van der Waals surface area contributed by atoms with Crippen LogP contribution in [0.15, 0.2) is 9.72 Å². The Kier molecular flexibility index (Phi) is 4.19. The minimum absolute atomic E-state index is 0.107. The normalized spacial score (nSPS) is 21.4. The van der Waals surface area contributed by atoms with Crippen molar-refractivity contribution in [1.29, 1.82) is 0 Å². The summed E-state index contributed by atoms with van der Waals surface area (Å²) in [5, 5.41) is 8.90. The second kappa shape index (κ2) is 5.53. The van der Waals surface area contributed by atoms with E-state index < -0.39 is 21.7 Å². The number of aromatic nitrogens is 1.